The van der Waals surface area contributed by atoms with Gasteiger partial charge >= 0.3 is 0 Å². The number of amidine groups is 1. The Bertz CT molecular complexity index is 945. The van der Waals surface area contributed by atoms with Crippen molar-refractivity contribution in [3.63, 3.8) is 0 Å². The van der Waals surface area contributed by atoms with Gasteiger partial charge in [0.2, 0.25) is 5.91 Å². The molecule has 0 aliphatic carbocycles. The summed E-state index contributed by atoms with van der Waals surface area (Å²) in [6.07, 6.45) is 4.88. The molecule has 0 radical (unpaired) electrons. The molecule has 4 heterocycles. The van der Waals surface area contributed by atoms with E-state index in [1.165, 1.54) is 5.57 Å². The fourth-order valence-electron chi connectivity index (χ4n) is 4.68. The Labute approximate surface area is 184 Å². The Balaban J connectivity index is 1.40. The molecule has 1 atom stereocenters. The molecule has 0 saturated carbocycles. The van der Waals surface area contributed by atoms with Crippen LogP contribution in [0.15, 0.2) is 28.8 Å². The highest BCUT2D eigenvalue weighted by Crippen LogP contribution is 2.30. The van der Waals surface area contributed by atoms with Crippen LogP contribution in [0.1, 0.15) is 56.1 Å². The van der Waals surface area contributed by atoms with Gasteiger partial charge in [0, 0.05) is 44.6 Å². The summed E-state index contributed by atoms with van der Waals surface area (Å²) in [5, 5.41) is 0. The summed E-state index contributed by atoms with van der Waals surface area (Å²) in [5.74, 6) is 1.85. The van der Waals surface area contributed by atoms with Crippen molar-refractivity contribution in [1.29, 1.82) is 0 Å². The van der Waals surface area contributed by atoms with Crippen molar-refractivity contribution in [3.8, 4) is 0 Å². The number of carbonyl (C=O) groups is 2. The van der Waals surface area contributed by atoms with Gasteiger partial charge in [0.15, 0.2) is 0 Å². The van der Waals surface area contributed by atoms with E-state index in [4.69, 9.17) is 4.99 Å². The van der Waals surface area contributed by atoms with E-state index in [1.807, 2.05) is 17.9 Å². The highest BCUT2D eigenvalue weighted by Gasteiger charge is 2.30. The lowest BCUT2D eigenvalue weighted by Crippen LogP contribution is -2.51. The van der Waals surface area contributed by atoms with Crippen LogP contribution in [0, 0.1) is 12.3 Å². The standard InChI is InChI=1S/C24H33N5O2/c1-5-24(4)15-17(2)22(25-16-24)27-11-13-28(14-12-27)23(31)19-8-9-20(26-18(19)3)29-10-6-7-21(29)30/h8-9,15H,5-7,10-14,16H2,1-4H3. The molecular formula is C24H33N5O2. The van der Waals surface area contributed by atoms with Crippen molar-refractivity contribution < 1.29 is 9.59 Å². The quantitative estimate of drug-likeness (QED) is 0.749. The van der Waals surface area contributed by atoms with Gasteiger partial charge < -0.3 is 9.80 Å². The first-order valence-corrected chi connectivity index (χ1v) is 11.4. The molecule has 7 nitrogen and oxygen atoms in total. The Kier molecular flexibility index (Phi) is 5.86. The minimum Gasteiger partial charge on any atom is -0.353 e. The number of amides is 2. The van der Waals surface area contributed by atoms with Crippen LogP contribution >= 0.6 is 0 Å². The summed E-state index contributed by atoms with van der Waals surface area (Å²) < 4.78 is 0. The third-order valence-electron chi connectivity index (χ3n) is 6.83. The molecule has 3 aliphatic heterocycles. The largest absolute Gasteiger partial charge is 0.353 e. The second-order valence-electron chi connectivity index (χ2n) is 9.21. The zero-order valence-corrected chi connectivity index (χ0v) is 19.1. The molecule has 0 spiro atoms. The Morgan fingerprint density at radius 1 is 1.13 bits per heavy atom. The molecule has 1 aromatic rings. The fraction of sp³-hybridized carbons (Fsp3) is 0.583. The monoisotopic (exact) mass is 423 g/mol. The second kappa shape index (κ2) is 8.44. The van der Waals surface area contributed by atoms with Gasteiger partial charge in [-0.25, -0.2) is 4.98 Å². The van der Waals surface area contributed by atoms with Crippen molar-refractivity contribution in [3.05, 3.63) is 35.0 Å². The molecule has 7 heteroatoms. The van der Waals surface area contributed by atoms with Crippen LogP contribution in [0.3, 0.4) is 0 Å². The van der Waals surface area contributed by atoms with E-state index in [0.29, 0.717) is 43.1 Å². The van der Waals surface area contributed by atoms with Crippen LogP contribution in [0.4, 0.5) is 5.82 Å². The number of carbonyl (C=O) groups excluding carboxylic acids is 2. The van der Waals surface area contributed by atoms with Crippen LogP contribution in [-0.2, 0) is 4.79 Å². The maximum absolute atomic E-state index is 13.1. The molecule has 0 N–H and O–H groups in total. The number of nitrogens with zero attached hydrogens (tertiary/aromatic N) is 5. The van der Waals surface area contributed by atoms with Crippen molar-refractivity contribution in [1.82, 2.24) is 14.8 Å². The molecular weight excluding hydrogens is 390 g/mol. The van der Waals surface area contributed by atoms with Gasteiger partial charge in [0.05, 0.1) is 17.8 Å². The van der Waals surface area contributed by atoms with Gasteiger partial charge in [-0.15, -0.1) is 0 Å². The van der Waals surface area contributed by atoms with Gasteiger partial charge in [-0.2, -0.15) is 0 Å². The number of aromatic nitrogens is 1. The van der Waals surface area contributed by atoms with Crippen molar-refractivity contribution >= 4 is 23.5 Å². The van der Waals surface area contributed by atoms with Gasteiger partial charge in [-0.1, -0.05) is 19.9 Å². The maximum atomic E-state index is 13.1. The SMILES string of the molecule is CCC1(C)C=C(C)C(N2CCN(C(=O)c3ccc(N4CCCC4=O)nc3C)CC2)=NC1. The number of hydrogen-bond donors (Lipinski definition) is 0. The average molecular weight is 424 g/mol. The number of piperazine rings is 1. The summed E-state index contributed by atoms with van der Waals surface area (Å²) in [4.78, 5) is 40.5. The molecule has 0 bridgehead atoms. The first-order valence-electron chi connectivity index (χ1n) is 11.4. The van der Waals surface area contributed by atoms with Gasteiger partial charge in [-0.05, 0) is 44.4 Å². The van der Waals surface area contributed by atoms with E-state index in [-0.39, 0.29) is 17.2 Å². The van der Waals surface area contributed by atoms with E-state index in [9.17, 15) is 9.59 Å². The van der Waals surface area contributed by atoms with Gasteiger partial charge in [-0.3, -0.25) is 19.5 Å². The number of hydrogen-bond acceptors (Lipinski definition) is 5. The van der Waals surface area contributed by atoms with E-state index >= 15 is 0 Å². The van der Waals surface area contributed by atoms with Crippen molar-refractivity contribution in [2.24, 2.45) is 10.4 Å². The predicted octanol–water partition coefficient (Wildman–Crippen LogP) is 3.05. The molecule has 2 amide bonds. The minimum atomic E-state index is 0.0142. The summed E-state index contributed by atoms with van der Waals surface area (Å²) in [6.45, 7) is 12.9. The topological polar surface area (TPSA) is 69.1 Å². The number of pyridine rings is 1. The highest BCUT2D eigenvalue weighted by atomic mass is 16.2. The van der Waals surface area contributed by atoms with E-state index in [0.717, 1.165) is 38.3 Å². The van der Waals surface area contributed by atoms with Crippen molar-refractivity contribution in [2.45, 2.75) is 47.0 Å². The molecule has 31 heavy (non-hydrogen) atoms. The van der Waals surface area contributed by atoms with Crippen LogP contribution in [0.25, 0.3) is 0 Å². The summed E-state index contributed by atoms with van der Waals surface area (Å²) >= 11 is 0. The number of anilines is 1. The Morgan fingerprint density at radius 3 is 2.45 bits per heavy atom. The molecule has 0 aromatic carbocycles. The van der Waals surface area contributed by atoms with E-state index < -0.39 is 0 Å². The number of aliphatic imine (C=N–C) groups is 1. The zero-order chi connectivity index (χ0) is 22.2. The molecule has 2 saturated heterocycles. The summed E-state index contributed by atoms with van der Waals surface area (Å²) in [7, 11) is 0. The third-order valence-corrected chi connectivity index (χ3v) is 6.83. The molecule has 3 aliphatic rings. The molecule has 4 rings (SSSR count). The van der Waals surface area contributed by atoms with Crippen LogP contribution < -0.4 is 4.90 Å². The molecule has 2 fully saturated rings. The Hall–Kier alpha value is -2.70. The molecule has 1 aromatic heterocycles. The maximum Gasteiger partial charge on any atom is 0.255 e. The summed E-state index contributed by atoms with van der Waals surface area (Å²) in [6, 6.07) is 3.62. The van der Waals surface area contributed by atoms with E-state index in [2.05, 4.69) is 36.7 Å². The van der Waals surface area contributed by atoms with Crippen LogP contribution in [0.5, 0.6) is 0 Å². The number of dihydropyridines is 1. The first-order chi connectivity index (χ1) is 14.8. The fourth-order valence-corrected chi connectivity index (χ4v) is 4.68. The molecule has 166 valence electrons. The number of aryl methyl sites for hydroxylation is 1. The van der Waals surface area contributed by atoms with E-state index in [1.54, 1.807) is 11.0 Å². The first kappa shape index (κ1) is 21.5. The van der Waals surface area contributed by atoms with Gasteiger partial charge in [0.1, 0.15) is 11.7 Å². The summed E-state index contributed by atoms with van der Waals surface area (Å²) in [5.41, 5.74) is 2.69. The smallest absolute Gasteiger partial charge is 0.255 e. The lowest BCUT2D eigenvalue weighted by molar-refractivity contribution is -0.117. The lowest BCUT2D eigenvalue weighted by Gasteiger charge is -2.39. The number of rotatable bonds is 3. The highest BCUT2D eigenvalue weighted by molar-refractivity contribution is 5.99. The second-order valence-corrected chi connectivity index (χ2v) is 9.21. The predicted molar refractivity (Wildman–Crippen MR) is 122 cm³/mol. The minimum absolute atomic E-state index is 0.0142. The lowest BCUT2D eigenvalue weighted by atomic mass is 9.83. The zero-order valence-electron chi connectivity index (χ0n) is 19.1. The normalized spacial score (nSPS) is 24.4. The van der Waals surface area contributed by atoms with Crippen molar-refractivity contribution in [2.75, 3.05) is 44.2 Å². The van der Waals surface area contributed by atoms with Crippen LogP contribution in [0.2, 0.25) is 0 Å². The average Bonchev–Trinajstić information content (AvgIpc) is 3.19. The Morgan fingerprint density at radius 2 is 1.87 bits per heavy atom. The van der Waals surface area contributed by atoms with Gasteiger partial charge in [0.25, 0.3) is 5.91 Å². The molecule has 1 unspecified atom stereocenters. The third kappa shape index (κ3) is 4.23. The van der Waals surface area contributed by atoms with Crippen LogP contribution in [-0.4, -0.2) is 71.7 Å².